The Labute approximate surface area is 108 Å². The maximum atomic E-state index is 12.0. The standard InChI is InChI=1S/C11H14N2O4S/c14-10(2-1-8-6-18-7-12-8)13-3-4-17-5-9(13)11(15)16/h6-7,9H,1-5H2,(H,15,16)/t9-/m1/s1. The molecule has 0 aliphatic carbocycles. The van der Waals surface area contributed by atoms with Crippen LogP contribution in [0.5, 0.6) is 0 Å². The van der Waals surface area contributed by atoms with E-state index in [2.05, 4.69) is 4.98 Å². The number of aromatic nitrogens is 1. The van der Waals surface area contributed by atoms with Crippen molar-refractivity contribution in [1.82, 2.24) is 9.88 Å². The molecule has 2 rings (SSSR count). The molecule has 1 aliphatic heterocycles. The zero-order valence-corrected chi connectivity index (χ0v) is 10.6. The van der Waals surface area contributed by atoms with E-state index in [0.717, 1.165) is 5.69 Å². The quantitative estimate of drug-likeness (QED) is 0.856. The van der Waals surface area contributed by atoms with Crippen molar-refractivity contribution < 1.29 is 19.4 Å². The number of carboxylic acids is 1. The van der Waals surface area contributed by atoms with E-state index in [1.807, 2.05) is 5.38 Å². The Balaban J connectivity index is 1.92. The van der Waals surface area contributed by atoms with Gasteiger partial charge in [-0.15, -0.1) is 11.3 Å². The molecule has 0 radical (unpaired) electrons. The van der Waals surface area contributed by atoms with E-state index in [1.54, 1.807) is 5.51 Å². The highest BCUT2D eigenvalue weighted by Crippen LogP contribution is 2.11. The first-order valence-electron chi connectivity index (χ1n) is 5.65. The summed E-state index contributed by atoms with van der Waals surface area (Å²) in [6, 6.07) is -0.860. The molecule has 6 nitrogen and oxygen atoms in total. The van der Waals surface area contributed by atoms with Gasteiger partial charge in [0, 0.05) is 18.3 Å². The lowest BCUT2D eigenvalue weighted by Crippen LogP contribution is -2.52. The third-order valence-corrected chi connectivity index (χ3v) is 3.45. The first-order chi connectivity index (χ1) is 8.68. The van der Waals surface area contributed by atoms with Crippen molar-refractivity contribution in [3.8, 4) is 0 Å². The molecular formula is C11H14N2O4S. The van der Waals surface area contributed by atoms with Crippen LogP contribution in [-0.2, 0) is 20.7 Å². The number of amides is 1. The molecule has 1 aromatic heterocycles. The number of hydrogen-bond donors (Lipinski definition) is 1. The minimum absolute atomic E-state index is 0.0672. The van der Waals surface area contributed by atoms with Crippen molar-refractivity contribution in [2.24, 2.45) is 0 Å². The molecule has 1 atom stereocenters. The molecule has 98 valence electrons. The van der Waals surface area contributed by atoms with E-state index in [4.69, 9.17) is 9.84 Å². The molecule has 0 unspecified atom stereocenters. The SMILES string of the molecule is O=C(O)[C@H]1COCCN1C(=O)CCc1cscn1. The molecule has 0 aromatic carbocycles. The highest BCUT2D eigenvalue weighted by Gasteiger charge is 2.32. The van der Waals surface area contributed by atoms with Crippen LogP contribution in [0.25, 0.3) is 0 Å². The summed E-state index contributed by atoms with van der Waals surface area (Å²) in [6.45, 7) is 0.802. The summed E-state index contributed by atoms with van der Waals surface area (Å²) < 4.78 is 5.09. The van der Waals surface area contributed by atoms with Crippen LogP contribution in [0.4, 0.5) is 0 Å². The van der Waals surface area contributed by atoms with E-state index in [-0.39, 0.29) is 18.9 Å². The van der Waals surface area contributed by atoms with E-state index in [0.29, 0.717) is 19.6 Å². The largest absolute Gasteiger partial charge is 0.480 e. The summed E-state index contributed by atoms with van der Waals surface area (Å²) in [4.78, 5) is 28.5. The molecule has 1 aromatic rings. The van der Waals surface area contributed by atoms with Crippen molar-refractivity contribution >= 4 is 23.2 Å². The van der Waals surface area contributed by atoms with E-state index < -0.39 is 12.0 Å². The molecule has 1 amide bonds. The topological polar surface area (TPSA) is 79.7 Å². The van der Waals surface area contributed by atoms with Crippen LogP contribution in [0.15, 0.2) is 10.9 Å². The van der Waals surface area contributed by atoms with Crippen LogP contribution in [-0.4, -0.2) is 52.7 Å². The first-order valence-corrected chi connectivity index (χ1v) is 6.60. The predicted molar refractivity (Wildman–Crippen MR) is 64.4 cm³/mol. The van der Waals surface area contributed by atoms with Crippen LogP contribution in [0, 0.1) is 0 Å². The number of carbonyl (C=O) groups excluding carboxylic acids is 1. The maximum Gasteiger partial charge on any atom is 0.328 e. The van der Waals surface area contributed by atoms with Gasteiger partial charge in [0.1, 0.15) is 0 Å². The second-order valence-corrected chi connectivity index (χ2v) is 4.71. The fraction of sp³-hybridized carbons (Fsp3) is 0.545. The Morgan fingerprint density at radius 2 is 2.44 bits per heavy atom. The lowest BCUT2D eigenvalue weighted by atomic mass is 10.1. The van der Waals surface area contributed by atoms with E-state index in [9.17, 15) is 9.59 Å². The van der Waals surface area contributed by atoms with Crippen molar-refractivity contribution in [3.05, 3.63) is 16.6 Å². The average molecular weight is 270 g/mol. The number of morpholine rings is 1. The molecule has 0 spiro atoms. The molecule has 1 saturated heterocycles. The van der Waals surface area contributed by atoms with Gasteiger partial charge < -0.3 is 14.7 Å². The number of hydrogen-bond acceptors (Lipinski definition) is 5. The monoisotopic (exact) mass is 270 g/mol. The van der Waals surface area contributed by atoms with Crippen molar-refractivity contribution in [2.75, 3.05) is 19.8 Å². The number of ether oxygens (including phenoxy) is 1. The summed E-state index contributed by atoms with van der Waals surface area (Å²) in [7, 11) is 0. The molecule has 0 bridgehead atoms. The van der Waals surface area contributed by atoms with Gasteiger partial charge in [-0.05, 0) is 6.42 Å². The fourth-order valence-electron chi connectivity index (χ4n) is 1.85. The summed E-state index contributed by atoms with van der Waals surface area (Å²) in [5.41, 5.74) is 2.59. The smallest absolute Gasteiger partial charge is 0.328 e. The Hall–Kier alpha value is -1.47. The van der Waals surface area contributed by atoms with Crippen molar-refractivity contribution in [1.29, 1.82) is 0 Å². The van der Waals surface area contributed by atoms with E-state index >= 15 is 0 Å². The van der Waals surface area contributed by atoms with Crippen molar-refractivity contribution in [2.45, 2.75) is 18.9 Å². The molecule has 1 fully saturated rings. The summed E-state index contributed by atoms with van der Waals surface area (Å²) in [6.07, 6.45) is 0.833. The van der Waals surface area contributed by atoms with Crippen LogP contribution in [0.2, 0.25) is 0 Å². The molecular weight excluding hydrogens is 256 g/mol. The van der Waals surface area contributed by atoms with Gasteiger partial charge in [0.2, 0.25) is 5.91 Å². The third-order valence-electron chi connectivity index (χ3n) is 2.81. The second-order valence-electron chi connectivity index (χ2n) is 4.00. The molecule has 1 aliphatic rings. The van der Waals surface area contributed by atoms with Crippen LogP contribution in [0.1, 0.15) is 12.1 Å². The lowest BCUT2D eigenvalue weighted by Gasteiger charge is -2.32. The van der Waals surface area contributed by atoms with E-state index in [1.165, 1.54) is 16.2 Å². The molecule has 18 heavy (non-hydrogen) atoms. The Bertz CT molecular complexity index is 421. The predicted octanol–water partition coefficient (Wildman–Crippen LogP) is 0.388. The minimum atomic E-state index is -1.02. The van der Waals surface area contributed by atoms with Crippen molar-refractivity contribution in [3.63, 3.8) is 0 Å². The number of carboxylic acid groups (broad SMARTS) is 1. The van der Waals surface area contributed by atoms with Gasteiger partial charge in [-0.25, -0.2) is 9.78 Å². The zero-order chi connectivity index (χ0) is 13.0. The number of aryl methyl sites for hydroxylation is 1. The fourth-order valence-corrected chi connectivity index (χ4v) is 2.44. The summed E-state index contributed by atoms with van der Waals surface area (Å²) in [5, 5.41) is 10.9. The number of thiazole rings is 1. The van der Waals surface area contributed by atoms with Crippen LogP contribution < -0.4 is 0 Å². The highest BCUT2D eigenvalue weighted by molar-refractivity contribution is 7.07. The average Bonchev–Trinajstić information content (AvgIpc) is 2.89. The number of nitrogens with zero attached hydrogens (tertiary/aromatic N) is 2. The second kappa shape index (κ2) is 5.92. The molecule has 2 heterocycles. The van der Waals surface area contributed by atoms with Gasteiger partial charge in [-0.3, -0.25) is 4.79 Å². The number of carbonyl (C=O) groups is 2. The van der Waals surface area contributed by atoms with Crippen LogP contribution in [0.3, 0.4) is 0 Å². The zero-order valence-electron chi connectivity index (χ0n) is 9.74. The summed E-state index contributed by atoms with van der Waals surface area (Å²) >= 11 is 1.48. The summed E-state index contributed by atoms with van der Waals surface area (Å²) in [5.74, 6) is -1.17. The first kappa shape index (κ1) is 13.0. The number of aliphatic carboxylic acids is 1. The van der Waals surface area contributed by atoms with Crippen LogP contribution >= 0.6 is 11.3 Å². The van der Waals surface area contributed by atoms with Gasteiger partial charge in [0.15, 0.2) is 6.04 Å². The van der Waals surface area contributed by atoms with Gasteiger partial charge >= 0.3 is 5.97 Å². The maximum absolute atomic E-state index is 12.0. The molecule has 1 N–H and O–H groups in total. The number of rotatable bonds is 4. The van der Waals surface area contributed by atoms with Gasteiger partial charge in [-0.2, -0.15) is 0 Å². The Kier molecular flexibility index (Phi) is 4.27. The highest BCUT2D eigenvalue weighted by atomic mass is 32.1. The molecule has 0 saturated carbocycles. The minimum Gasteiger partial charge on any atom is -0.480 e. The van der Waals surface area contributed by atoms with Gasteiger partial charge in [-0.1, -0.05) is 0 Å². The van der Waals surface area contributed by atoms with Gasteiger partial charge in [0.25, 0.3) is 0 Å². The normalized spacial score (nSPS) is 19.8. The molecule has 7 heteroatoms. The third kappa shape index (κ3) is 3.05. The Morgan fingerprint density at radius 3 is 3.11 bits per heavy atom. The Morgan fingerprint density at radius 1 is 1.61 bits per heavy atom. The van der Waals surface area contributed by atoms with Gasteiger partial charge in [0.05, 0.1) is 24.4 Å². The lowest BCUT2D eigenvalue weighted by molar-refractivity contribution is -0.158.